The Morgan fingerprint density at radius 2 is 1.97 bits per heavy atom. The number of nitrogens with zero attached hydrogens (tertiary/aromatic N) is 3. The highest BCUT2D eigenvalue weighted by molar-refractivity contribution is 7.21. The van der Waals surface area contributed by atoms with E-state index in [0.29, 0.717) is 16.5 Å². The number of para-hydroxylation sites is 1. The minimum absolute atomic E-state index is 0.126. The number of carbonyl (C=O) groups excluding carboxylic acids is 2. The fourth-order valence-corrected chi connectivity index (χ4v) is 3.87. The molecule has 0 atom stereocenters. The van der Waals surface area contributed by atoms with Crippen LogP contribution in [0.5, 0.6) is 0 Å². The molecule has 9 heteroatoms. The van der Waals surface area contributed by atoms with Crippen molar-refractivity contribution in [1.82, 2.24) is 20.1 Å². The molecule has 0 fully saturated rings. The van der Waals surface area contributed by atoms with Crippen LogP contribution in [0.2, 0.25) is 0 Å². The number of benzene rings is 1. The van der Waals surface area contributed by atoms with Crippen molar-refractivity contribution in [1.29, 1.82) is 0 Å². The maximum Gasteiger partial charge on any atom is 0.287 e. The van der Waals surface area contributed by atoms with Crippen molar-refractivity contribution in [2.24, 2.45) is 7.05 Å². The van der Waals surface area contributed by atoms with E-state index in [1.807, 2.05) is 38.1 Å². The lowest BCUT2D eigenvalue weighted by Crippen LogP contribution is -2.32. The first-order chi connectivity index (χ1) is 13.9. The van der Waals surface area contributed by atoms with Gasteiger partial charge in [0.1, 0.15) is 0 Å². The Morgan fingerprint density at radius 3 is 2.69 bits per heavy atom. The van der Waals surface area contributed by atoms with Gasteiger partial charge in [-0.25, -0.2) is 4.98 Å². The highest BCUT2D eigenvalue weighted by Gasteiger charge is 2.17. The maximum absolute atomic E-state index is 12.3. The largest absolute Gasteiger partial charge is 0.448 e. The minimum Gasteiger partial charge on any atom is -0.448 e. The Hall–Kier alpha value is -3.46. The molecule has 0 bridgehead atoms. The zero-order valence-corrected chi connectivity index (χ0v) is 17.0. The van der Waals surface area contributed by atoms with Crippen molar-refractivity contribution in [3.63, 3.8) is 0 Å². The van der Waals surface area contributed by atoms with Crippen LogP contribution >= 0.6 is 11.3 Å². The predicted octanol–water partition coefficient (Wildman–Crippen LogP) is 3.28. The molecule has 2 N–H and O–H groups in total. The molecule has 0 unspecified atom stereocenters. The zero-order valence-electron chi connectivity index (χ0n) is 16.1. The molecule has 1 aromatic carbocycles. The van der Waals surface area contributed by atoms with Gasteiger partial charge < -0.3 is 15.1 Å². The van der Waals surface area contributed by atoms with Gasteiger partial charge in [0.2, 0.25) is 5.91 Å². The van der Waals surface area contributed by atoms with E-state index in [-0.39, 0.29) is 18.2 Å². The van der Waals surface area contributed by atoms with E-state index in [9.17, 15) is 9.59 Å². The van der Waals surface area contributed by atoms with E-state index in [0.717, 1.165) is 21.6 Å². The minimum atomic E-state index is -0.466. The molecule has 3 aromatic heterocycles. The first-order valence-electron chi connectivity index (χ1n) is 8.96. The van der Waals surface area contributed by atoms with E-state index in [1.165, 1.54) is 11.3 Å². The predicted molar refractivity (Wildman–Crippen MR) is 111 cm³/mol. The summed E-state index contributed by atoms with van der Waals surface area (Å²) < 4.78 is 8.38. The van der Waals surface area contributed by atoms with Crippen molar-refractivity contribution in [3.05, 3.63) is 53.5 Å². The topological polar surface area (TPSA) is 102 Å². The number of anilines is 1. The van der Waals surface area contributed by atoms with Crippen LogP contribution in [0.25, 0.3) is 21.0 Å². The second kappa shape index (κ2) is 7.51. The molecule has 0 saturated heterocycles. The number of aromatic nitrogens is 3. The van der Waals surface area contributed by atoms with Crippen LogP contribution < -0.4 is 10.6 Å². The lowest BCUT2D eigenvalue weighted by molar-refractivity contribution is -0.115. The third kappa shape index (κ3) is 3.77. The SMILES string of the molecule is Cc1nn(C)c(C)c1NC(=O)CNC(=O)c1ccc(-c2nc3ccccc3s2)o1. The average Bonchev–Trinajstić information content (AvgIpc) is 3.40. The molecule has 148 valence electrons. The second-order valence-electron chi connectivity index (χ2n) is 6.55. The number of hydrogen-bond donors (Lipinski definition) is 2. The zero-order chi connectivity index (χ0) is 20.5. The summed E-state index contributed by atoms with van der Waals surface area (Å²) in [4.78, 5) is 29.0. The molecule has 3 heterocycles. The number of amides is 2. The molecule has 0 spiro atoms. The van der Waals surface area contributed by atoms with Gasteiger partial charge in [-0.3, -0.25) is 14.3 Å². The first-order valence-corrected chi connectivity index (χ1v) is 9.78. The van der Waals surface area contributed by atoms with Crippen LogP contribution in [0.4, 0.5) is 5.69 Å². The Kier molecular flexibility index (Phi) is 4.89. The van der Waals surface area contributed by atoms with E-state index >= 15 is 0 Å². The van der Waals surface area contributed by atoms with Gasteiger partial charge in [-0.05, 0) is 38.1 Å². The van der Waals surface area contributed by atoms with Gasteiger partial charge in [0.05, 0.1) is 33.8 Å². The standard InChI is InChI=1S/C20H19N5O3S/c1-11-18(12(2)25(3)24-11)23-17(26)10-21-19(27)14-8-9-15(28-14)20-22-13-6-4-5-7-16(13)29-20/h4-9H,10H2,1-3H3,(H,21,27)(H,23,26). The second-order valence-corrected chi connectivity index (χ2v) is 7.58. The third-order valence-corrected chi connectivity index (χ3v) is 5.57. The molecular weight excluding hydrogens is 390 g/mol. The van der Waals surface area contributed by atoms with Crippen molar-refractivity contribution in [2.75, 3.05) is 11.9 Å². The molecule has 0 radical (unpaired) electrons. The Balaban J connectivity index is 1.39. The first kappa shape index (κ1) is 18.9. The van der Waals surface area contributed by atoms with Crippen molar-refractivity contribution in [2.45, 2.75) is 13.8 Å². The molecule has 29 heavy (non-hydrogen) atoms. The number of rotatable bonds is 5. The molecule has 0 saturated carbocycles. The van der Waals surface area contributed by atoms with E-state index in [4.69, 9.17) is 4.42 Å². The number of carbonyl (C=O) groups is 2. The number of thiazole rings is 1. The summed E-state index contributed by atoms with van der Waals surface area (Å²) in [6, 6.07) is 11.1. The number of aryl methyl sites for hydroxylation is 2. The number of furan rings is 1. The van der Waals surface area contributed by atoms with Crippen LogP contribution in [0, 0.1) is 13.8 Å². The van der Waals surface area contributed by atoms with Gasteiger partial charge in [-0.1, -0.05) is 12.1 Å². The summed E-state index contributed by atoms with van der Waals surface area (Å²) in [5.74, 6) is -0.161. The van der Waals surface area contributed by atoms with Gasteiger partial charge in [-0.2, -0.15) is 5.10 Å². The van der Waals surface area contributed by atoms with Crippen LogP contribution in [0.1, 0.15) is 21.9 Å². The van der Waals surface area contributed by atoms with Gasteiger partial charge in [-0.15, -0.1) is 11.3 Å². The van der Waals surface area contributed by atoms with Gasteiger partial charge in [0, 0.05) is 7.05 Å². The van der Waals surface area contributed by atoms with E-state index in [2.05, 4.69) is 20.7 Å². The molecule has 4 rings (SSSR count). The molecule has 0 aliphatic rings. The molecule has 0 aliphatic carbocycles. The quantitative estimate of drug-likeness (QED) is 0.527. The Morgan fingerprint density at radius 1 is 1.17 bits per heavy atom. The van der Waals surface area contributed by atoms with Crippen molar-refractivity contribution in [3.8, 4) is 10.8 Å². The number of nitrogens with one attached hydrogen (secondary N) is 2. The van der Waals surface area contributed by atoms with Crippen molar-refractivity contribution >= 4 is 39.1 Å². The molecule has 4 aromatic rings. The summed E-state index contributed by atoms with van der Waals surface area (Å²) in [6.07, 6.45) is 0. The normalized spacial score (nSPS) is 11.0. The van der Waals surface area contributed by atoms with Gasteiger partial charge in [0.15, 0.2) is 16.5 Å². The lowest BCUT2D eigenvalue weighted by Gasteiger charge is -2.06. The van der Waals surface area contributed by atoms with E-state index < -0.39 is 5.91 Å². The average molecular weight is 409 g/mol. The summed E-state index contributed by atoms with van der Waals surface area (Å²) in [6.45, 7) is 3.50. The fraction of sp³-hybridized carbons (Fsp3) is 0.200. The van der Waals surface area contributed by atoms with Gasteiger partial charge >= 0.3 is 0 Å². The summed E-state index contributed by atoms with van der Waals surface area (Å²) in [5.41, 5.74) is 3.10. The van der Waals surface area contributed by atoms with Crippen LogP contribution in [-0.4, -0.2) is 33.1 Å². The highest BCUT2D eigenvalue weighted by Crippen LogP contribution is 2.31. The lowest BCUT2D eigenvalue weighted by atomic mass is 10.3. The van der Waals surface area contributed by atoms with E-state index in [1.54, 1.807) is 23.9 Å². The monoisotopic (exact) mass is 409 g/mol. The van der Waals surface area contributed by atoms with Crippen LogP contribution in [0.3, 0.4) is 0 Å². The molecular formula is C20H19N5O3S. The van der Waals surface area contributed by atoms with Crippen LogP contribution in [-0.2, 0) is 11.8 Å². The fourth-order valence-electron chi connectivity index (χ4n) is 2.94. The maximum atomic E-state index is 12.3. The Bertz CT molecular complexity index is 1190. The summed E-state index contributed by atoms with van der Waals surface area (Å²) in [5, 5.41) is 10.3. The van der Waals surface area contributed by atoms with Crippen molar-refractivity contribution < 1.29 is 14.0 Å². The highest BCUT2D eigenvalue weighted by atomic mass is 32.1. The number of fused-ring (bicyclic) bond motifs is 1. The smallest absolute Gasteiger partial charge is 0.287 e. The summed E-state index contributed by atoms with van der Waals surface area (Å²) >= 11 is 1.49. The molecule has 8 nitrogen and oxygen atoms in total. The van der Waals surface area contributed by atoms with Crippen LogP contribution in [0.15, 0.2) is 40.8 Å². The van der Waals surface area contributed by atoms with Gasteiger partial charge in [0.25, 0.3) is 5.91 Å². The Labute approximate surface area is 170 Å². The number of hydrogen-bond acceptors (Lipinski definition) is 6. The third-order valence-electron chi connectivity index (χ3n) is 4.52. The molecule has 2 amide bonds. The molecule has 0 aliphatic heterocycles. The summed E-state index contributed by atoms with van der Waals surface area (Å²) in [7, 11) is 1.81.